The van der Waals surface area contributed by atoms with Crippen molar-refractivity contribution in [1.82, 2.24) is 10.2 Å². The van der Waals surface area contributed by atoms with Crippen LogP contribution >= 0.6 is 0 Å². The number of nitrogens with one attached hydrogen (secondary N) is 1. The zero-order valence-electron chi connectivity index (χ0n) is 14.6. The van der Waals surface area contributed by atoms with Gasteiger partial charge in [0.2, 0.25) is 0 Å². The van der Waals surface area contributed by atoms with Gasteiger partial charge in [-0.25, -0.2) is 9.59 Å². The predicted molar refractivity (Wildman–Crippen MR) is 90.3 cm³/mol. The number of hydrogen-bond donors (Lipinski definition) is 1. The number of amides is 2. The van der Waals surface area contributed by atoms with Crippen LogP contribution in [0.4, 0.5) is 9.59 Å². The molecule has 0 aromatic heterocycles. The lowest BCUT2D eigenvalue weighted by Crippen LogP contribution is -2.54. The van der Waals surface area contributed by atoms with Gasteiger partial charge in [-0.15, -0.1) is 0 Å². The summed E-state index contributed by atoms with van der Waals surface area (Å²) in [5.41, 5.74) is 0.358. The Kier molecular flexibility index (Phi) is 6.06. The fraction of sp³-hybridized carbons (Fsp3) is 0.556. The second kappa shape index (κ2) is 8.04. The van der Waals surface area contributed by atoms with Gasteiger partial charge in [0.25, 0.3) is 0 Å². The molecule has 0 radical (unpaired) electrons. The minimum Gasteiger partial charge on any atom is -0.444 e. The summed E-state index contributed by atoms with van der Waals surface area (Å²) in [4.78, 5) is 25.9. The molecule has 2 amide bonds. The molecule has 132 valence electrons. The molecule has 1 fully saturated rings. The van der Waals surface area contributed by atoms with Crippen molar-refractivity contribution in [3.05, 3.63) is 35.9 Å². The molecule has 1 atom stereocenters. The Bertz CT molecular complexity index is 554. The molecule has 1 aliphatic rings. The molecule has 1 aromatic rings. The Morgan fingerprint density at radius 2 is 1.92 bits per heavy atom. The van der Waals surface area contributed by atoms with Crippen LogP contribution < -0.4 is 5.32 Å². The Balaban J connectivity index is 1.90. The van der Waals surface area contributed by atoms with Gasteiger partial charge >= 0.3 is 12.2 Å². The van der Waals surface area contributed by atoms with Gasteiger partial charge in [-0.1, -0.05) is 30.3 Å². The monoisotopic (exact) mass is 334 g/mol. The number of likely N-dealkylation sites (tertiary alicyclic amines) is 1. The van der Waals surface area contributed by atoms with Crippen LogP contribution in [0.1, 0.15) is 45.6 Å². The number of nitrogens with zero attached hydrogens (tertiary/aromatic N) is 1. The molecule has 1 saturated heterocycles. The Morgan fingerprint density at radius 3 is 2.58 bits per heavy atom. The van der Waals surface area contributed by atoms with Crippen LogP contribution in [0.25, 0.3) is 0 Å². The van der Waals surface area contributed by atoms with Gasteiger partial charge in [-0.2, -0.15) is 0 Å². The summed E-state index contributed by atoms with van der Waals surface area (Å²) in [6.07, 6.45) is 1.21. The van der Waals surface area contributed by atoms with Crippen LogP contribution in [-0.2, 0) is 16.1 Å². The summed E-state index contributed by atoms with van der Waals surface area (Å²) in [5, 5.41) is 2.77. The smallest absolute Gasteiger partial charge is 0.411 e. The molecule has 0 aliphatic carbocycles. The van der Waals surface area contributed by atoms with Crippen LogP contribution in [0.5, 0.6) is 0 Å². The fourth-order valence-electron chi connectivity index (χ4n) is 2.55. The fourth-order valence-corrected chi connectivity index (χ4v) is 2.55. The van der Waals surface area contributed by atoms with Gasteiger partial charge < -0.3 is 14.8 Å². The SMILES string of the molecule is CC(C)(C)OC(=O)NC1CCCCN1C(=O)OCc1ccccc1. The van der Waals surface area contributed by atoms with Crippen LogP contribution in [0.2, 0.25) is 0 Å². The van der Waals surface area contributed by atoms with Crippen molar-refractivity contribution in [2.24, 2.45) is 0 Å². The van der Waals surface area contributed by atoms with Gasteiger partial charge in [-0.05, 0) is 45.6 Å². The van der Waals surface area contributed by atoms with Crippen molar-refractivity contribution >= 4 is 12.2 Å². The minimum absolute atomic E-state index is 0.218. The zero-order chi connectivity index (χ0) is 17.6. The van der Waals surface area contributed by atoms with Crippen LogP contribution in [0, 0.1) is 0 Å². The Morgan fingerprint density at radius 1 is 1.21 bits per heavy atom. The first-order valence-corrected chi connectivity index (χ1v) is 8.32. The third kappa shape index (κ3) is 5.76. The third-order valence-corrected chi connectivity index (χ3v) is 3.63. The van der Waals surface area contributed by atoms with Crippen molar-refractivity contribution in [1.29, 1.82) is 0 Å². The molecule has 0 saturated carbocycles. The number of carbonyl (C=O) groups excluding carboxylic acids is 2. The van der Waals surface area contributed by atoms with E-state index < -0.39 is 24.0 Å². The lowest BCUT2D eigenvalue weighted by Gasteiger charge is -2.35. The molecule has 1 N–H and O–H groups in total. The van der Waals surface area contributed by atoms with E-state index in [1.165, 1.54) is 0 Å². The largest absolute Gasteiger partial charge is 0.444 e. The average Bonchev–Trinajstić information content (AvgIpc) is 2.52. The molecule has 6 nitrogen and oxygen atoms in total. The molecule has 0 bridgehead atoms. The summed E-state index contributed by atoms with van der Waals surface area (Å²) in [6.45, 7) is 6.20. The van der Waals surface area contributed by atoms with Gasteiger partial charge in [0.15, 0.2) is 0 Å². The molecule has 24 heavy (non-hydrogen) atoms. The first-order valence-electron chi connectivity index (χ1n) is 8.32. The van der Waals surface area contributed by atoms with Crippen molar-refractivity contribution in [3.8, 4) is 0 Å². The number of hydrogen-bond acceptors (Lipinski definition) is 4. The highest BCUT2D eigenvalue weighted by Gasteiger charge is 2.30. The number of alkyl carbamates (subject to hydrolysis) is 1. The quantitative estimate of drug-likeness (QED) is 0.916. The second-order valence-electron chi connectivity index (χ2n) is 6.89. The predicted octanol–water partition coefficient (Wildman–Crippen LogP) is 3.66. The van der Waals surface area contributed by atoms with Crippen molar-refractivity contribution in [2.75, 3.05) is 6.54 Å². The van der Waals surface area contributed by atoms with E-state index in [0.29, 0.717) is 13.0 Å². The van der Waals surface area contributed by atoms with Crippen LogP contribution in [-0.4, -0.2) is 35.4 Å². The number of piperidine rings is 1. The standard InChI is InChI=1S/C18H26N2O4/c1-18(2,3)24-16(21)19-15-11-7-8-12-20(15)17(22)23-13-14-9-5-4-6-10-14/h4-6,9-10,15H,7-8,11-13H2,1-3H3,(H,19,21). The molecule has 1 unspecified atom stereocenters. The van der Waals surface area contributed by atoms with Gasteiger partial charge in [0.05, 0.1) is 0 Å². The van der Waals surface area contributed by atoms with Gasteiger partial charge in [0, 0.05) is 6.54 Å². The van der Waals surface area contributed by atoms with Crippen LogP contribution in [0.3, 0.4) is 0 Å². The normalized spacial score (nSPS) is 18.0. The van der Waals surface area contributed by atoms with Gasteiger partial charge in [-0.3, -0.25) is 4.90 Å². The lowest BCUT2D eigenvalue weighted by atomic mass is 10.1. The van der Waals surface area contributed by atoms with E-state index in [0.717, 1.165) is 18.4 Å². The number of ether oxygens (including phenoxy) is 2. The Hall–Kier alpha value is -2.24. The number of carbonyl (C=O) groups is 2. The maximum Gasteiger partial charge on any atom is 0.411 e. The van der Waals surface area contributed by atoms with Crippen molar-refractivity contribution < 1.29 is 19.1 Å². The van der Waals surface area contributed by atoms with E-state index in [9.17, 15) is 9.59 Å². The summed E-state index contributed by atoms with van der Waals surface area (Å²) in [6, 6.07) is 9.52. The van der Waals surface area contributed by atoms with Crippen molar-refractivity contribution in [3.63, 3.8) is 0 Å². The molecular weight excluding hydrogens is 308 g/mol. The molecule has 6 heteroatoms. The summed E-state index contributed by atoms with van der Waals surface area (Å²) >= 11 is 0. The maximum absolute atomic E-state index is 12.4. The number of rotatable bonds is 3. The molecular formula is C18H26N2O4. The highest BCUT2D eigenvalue weighted by Crippen LogP contribution is 2.18. The summed E-state index contributed by atoms with van der Waals surface area (Å²) in [7, 11) is 0. The Labute approximate surface area is 143 Å². The minimum atomic E-state index is -0.572. The van der Waals surface area contributed by atoms with E-state index in [1.807, 2.05) is 30.3 Å². The van der Waals surface area contributed by atoms with Gasteiger partial charge in [0.1, 0.15) is 18.4 Å². The van der Waals surface area contributed by atoms with Crippen molar-refractivity contribution in [2.45, 2.75) is 58.4 Å². The third-order valence-electron chi connectivity index (χ3n) is 3.63. The molecule has 2 rings (SSSR count). The van der Waals surface area contributed by atoms with Crippen LogP contribution in [0.15, 0.2) is 30.3 Å². The average molecular weight is 334 g/mol. The first kappa shape index (κ1) is 18.1. The van der Waals surface area contributed by atoms with E-state index >= 15 is 0 Å². The topological polar surface area (TPSA) is 67.9 Å². The number of benzene rings is 1. The highest BCUT2D eigenvalue weighted by atomic mass is 16.6. The molecule has 1 aromatic carbocycles. The lowest BCUT2D eigenvalue weighted by molar-refractivity contribution is 0.0313. The summed E-state index contributed by atoms with van der Waals surface area (Å²) < 4.78 is 10.6. The van der Waals surface area contributed by atoms with E-state index in [2.05, 4.69) is 5.32 Å². The maximum atomic E-state index is 12.4. The molecule has 1 aliphatic heterocycles. The molecule has 0 spiro atoms. The molecule has 1 heterocycles. The highest BCUT2D eigenvalue weighted by molar-refractivity contribution is 5.71. The van der Waals surface area contributed by atoms with E-state index in [1.54, 1.807) is 25.7 Å². The zero-order valence-corrected chi connectivity index (χ0v) is 14.6. The van der Waals surface area contributed by atoms with E-state index in [-0.39, 0.29) is 6.61 Å². The first-order chi connectivity index (χ1) is 11.3. The second-order valence-corrected chi connectivity index (χ2v) is 6.89. The van der Waals surface area contributed by atoms with E-state index in [4.69, 9.17) is 9.47 Å². The summed E-state index contributed by atoms with van der Waals surface area (Å²) in [5.74, 6) is 0.